The molecule has 0 aliphatic carbocycles. The van der Waals surface area contributed by atoms with Crippen LogP contribution in [-0.4, -0.2) is 25.7 Å². The quantitative estimate of drug-likeness (QED) is 0.634. The maximum atomic E-state index is 12.0. The Bertz CT molecular complexity index is 620. The largest absolute Gasteiger partial charge is 0.301 e. The highest BCUT2D eigenvalue weighted by atomic mass is 79.9. The van der Waals surface area contributed by atoms with Crippen LogP contribution >= 0.6 is 27.5 Å². The molecule has 0 fully saturated rings. The van der Waals surface area contributed by atoms with Crippen molar-refractivity contribution in [2.75, 3.05) is 0 Å². The maximum Gasteiger partial charge on any atom is 0.182 e. The number of rotatable bonds is 3. The summed E-state index contributed by atoms with van der Waals surface area (Å²) in [7, 11) is 0. The van der Waals surface area contributed by atoms with Crippen LogP contribution in [0.25, 0.3) is 5.82 Å². The zero-order valence-electron chi connectivity index (χ0n) is 10.8. The number of hydrogen-bond acceptors (Lipinski definition) is 3. The summed E-state index contributed by atoms with van der Waals surface area (Å²) in [6, 6.07) is 1.83. The zero-order valence-corrected chi connectivity index (χ0v) is 13.2. The van der Waals surface area contributed by atoms with Crippen LogP contribution in [0.1, 0.15) is 28.7 Å². The molecule has 19 heavy (non-hydrogen) atoms. The molecule has 4 nitrogen and oxygen atoms in total. The van der Waals surface area contributed by atoms with Gasteiger partial charge in [0.25, 0.3) is 0 Å². The number of Topliss-reactive ketones (excluding diaryl/α,β-unsaturated/α-hetero) is 1. The molecule has 0 aliphatic heterocycles. The Morgan fingerprint density at radius 1 is 1.37 bits per heavy atom. The van der Waals surface area contributed by atoms with Crippen molar-refractivity contribution in [1.29, 1.82) is 0 Å². The van der Waals surface area contributed by atoms with Crippen molar-refractivity contribution >= 4 is 33.3 Å². The molecule has 0 bridgehead atoms. The minimum absolute atomic E-state index is 0.0777. The number of carbonyl (C=O) groups is 1. The van der Waals surface area contributed by atoms with Crippen LogP contribution < -0.4 is 0 Å². The maximum absolute atomic E-state index is 12.0. The molecular weight excluding hydrogens is 330 g/mol. The summed E-state index contributed by atoms with van der Waals surface area (Å²) < 4.78 is 2.57. The lowest BCUT2D eigenvalue weighted by molar-refractivity contribution is 0.0991. The van der Waals surface area contributed by atoms with Crippen molar-refractivity contribution in [1.82, 2.24) is 14.5 Å². The van der Waals surface area contributed by atoms with Crippen LogP contribution in [0, 0.1) is 13.8 Å². The van der Waals surface area contributed by atoms with Crippen LogP contribution in [0.3, 0.4) is 0 Å². The molecule has 0 saturated carbocycles. The Labute approximate surface area is 125 Å². The molecule has 2 rings (SSSR count). The van der Waals surface area contributed by atoms with Gasteiger partial charge in [-0.3, -0.25) is 4.79 Å². The average molecular weight is 343 g/mol. The number of aryl methyl sites for hydroxylation is 1. The van der Waals surface area contributed by atoms with E-state index in [9.17, 15) is 4.79 Å². The summed E-state index contributed by atoms with van der Waals surface area (Å²) in [5.41, 5.74) is 2.38. The molecule has 0 spiro atoms. The van der Waals surface area contributed by atoms with Crippen molar-refractivity contribution in [2.45, 2.75) is 26.1 Å². The number of ketones is 1. The fourth-order valence-corrected chi connectivity index (χ4v) is 2.32. The molecule has 2 heterocycles. The van der Waals surface area contributed by atoms with Crippen LogP contribution in [0.4, 0.5) is 0 Å². The molecule has 2 aromatic rings. The van der Waals surface area contributed by atoms with Gasteiger partial charge in [-0.05, 0) is 42.8 Å². The first kappa shape index (κ1) is 14.2. The van der Waals surface area contributed by atoms with Crippen molar-refractivity contribution < 1.29 is 4.79 Å². The van der Waals surface area contributed by atoms with E-state index in [0.717, 1.165) is 11.4 Å². The number of hydrogen-bond donors (Lipinski definition) is 0. The molecule has 0 radical (unpaired) electrons. The second-order valence-electron chi connectivity index (χ2n) is 4.30. The number of halogens is 2. The summed E-state index contributed by atoms with van der Waals surface area (Å²) in [5.74, 6) is 0.602. The number of carbonyl (C=O) groups excluding carboxylic acids is 1. The van der Waals surface area contributed by atoms with Crippen LogP contribution in [0.15, 0.2) is 23.1 Å². The summed E-state index contributed by atoms with van der Waals surface area (Å²) in [6.07, 6.45) is 3.28. The number of nitrogens with zero attached hydrogens (tertiary/aromatic N) is 3. The van der Waals surface area contributed by atoms with E-state index in [1.54, 1.807) is 19.3 Å². The molecule has 1 atom stereocenters. The molecule has 0 N–H and O–H groups in total. The minimum atomic E-state index is -0.537. The highest BCUT2D eigenvalue weighted by molar-refractivity contribution is 9.10. The minimum Gasteiger partial charge on any atom is -0.301 e. The predicted molar refractivity (Wildman–Crippen MR) is 78.2 cm³/mol. The highest BCUT2D eigenvalue weighted by Crippen LogP contribution is 2.21. The van der Waals surface area contributed by atoms with Gasteiger partial charge in [0.2, 0.25) is 0 Å². The summed E-state index contributed by atoms with van der Waals surface area (Å²) >= 11 is 9.12. The first-order valence-corrected chi connectivity index (χ1v) is 7.00. The highest BCUT2D eigenvalue weighted by Gasteiger charge is 2.20. The smallest absolute Gasteiger partial charge is 0.182 e. The second kappa shape index (κ2) is 5.43. The first-order valence-electron chi connectivity index (χ1n) is 5.77. The van der Waals surface area contributed by atoms with Gasteiger partial charge in [0.1, 0.15) is 4.60 Å². The summed E-state index contributed by atoms with van der Waals surface area (Å²) in [6.45, 7) is 5.48. The molecule has 6 heteroatoms. The molecular formula is C13H13BrClN3O. The summed E-state index contributed by atoms with van der Waals surface area (Å²) in [5, 5.41) is -0.537. The summed E-state index contributed by atoms with van der Waals surface area (Å²) in [4.78, 5) is 20.5. The fourth-order valence-electron chi connectivity index (χ4n) is 2.00. The Morgan fingerprint density at radius 3 is 2.58 bits per heavy atom. The van der Waals surface area contributed by atoms with Gasteiger partial charge < -0.3 is 4.57 Å². The van der Waals surface area contributed by atoms with Gasteiger partial charge in [-0.1, -0.05) is 0 Å². The third-order valence-electron chi connectivity index (χ3n) is 2.89. The molecule has 1 unspecified atom stereocenters. The van der Waals surface area contributed by atoms with Gasteiger partial charge in [0.15, 0.2) is 11.6 Å². The van der Waals surface area contributed by atoms with Gasteiger partial charge >= 0.3 is 0 Å². The van der Waals surface area contributed by atoms with E-state index < -0.39 is 5.38 Å². The third-order valence-corrected chi connectivity index (χ3v) is 3.50. The number of alkyl halides is 1. The van der Waals surface area contributed by atoms with E-state index in [-0.39, 0.29) is 5.78 Å². The Kier molecular flexibility index (Phi) is 4.06. The molecule has 0 aliphatic rings. The van der Waals surface area contributed by atoms with E-state index in [1.165, 1.54) is 0 Å². The van der Waals surface area contributed by atoms with E-state index in [1.807, 2.05) is 24.5 Å². The topological polar surface area (TPSA) is 47.8 Å². The Balaban J connectivity index is 2.54. The van der Waals surface area contributed by atoms with E-state index in [2.05, 4.69) is 25.9 Å². The van der Waals surface area contributed by atoms with Crippen LogP contribution in [0.5, 0.6) is 0 Å². The molecule has 2 aromatic heterocycles. The van der Waals surface area contributed by atoms with Gasteiger partial charge in [0, 0.05) is 17.0 Å². The predicted octanol–water partition coefficient (Wildman–Crippen LogP) is 3.46. The van der Waals surface area contributed by atoms with Gasteiger partial charge in [-0.15, -0.1) is 11.6 Å². The van der Waals surface area contributed by atoms with E-state index in [4.69, 9.17) is 11.6 Å². The molecule has 0 amide bonds. The van der Waals surface area contributed by atoms with Crippen molar-refractivity contribution in [3.05, 3.63) is 40.0 Å². The van der Waals surface area contributed by atoms with E-state index >= 15 is 0 Å². The normalized spacial score (nSPS) is 12.5. The van der Waals surface area contributed by atoms with Crippen molar-refractivity contribution in [3.8, 4) is 5.82 Å². The second-order valence-corrected chi connectivity index (χ2v) is 5.76. The standard InChI is InChI=1S/C13H13BrClN3O/c1-7-4-10(13(19)8(2)15)9(3)18(7)12-6-16-11(14)5-17-12/h4-6,8H,1-3H3. The average Bonchev–Trinajstić information content (AvgIpc) is 2.65. The Morgan fingerprint density at radius 2 is 2.05 bits per heavy atom. The molecule has 0 aromatic carbocycles. The zero-order chi connectivity index (χ0) is 14.2. The van der Waals surface area contributed by atoms with Gasteiger partial charge in [0.05, 0.1) is 17.8 Å². The number of aromatic nitrogens is 3. The molecule has 0 saturated heterocycles. The molecule has 100 valence electrons. The monoisotopic (exact) mass is 341 g/mol. The van der Waals surface area contributed by atoms with Crippen LogP contribution in [-0.2, 0) is 0 Å². The lowest BCUT2D eigenvalue weighted by Crippen LogP contribution is -2.12. The lowest BCUT2D eigenvalue weighted by atomic mass is 10.1. The van der Waals surface area contributed by atoms with Crippen molar-refractivity contribution in [2.24, 2.45) is 0 Å². The fraction of sp³-hybridized carbons (Fsp3) is 0.308. The first-order chi connectivity index (χ1) is 8.91. The Hall–Kier alpha value is -1.20. The van der Waals surface area contributed by atoms with Crippen LogP contribution in [0.2, 0.25) is 0 Å². The SMILES string of the molecule is Cc1cc(C(=O)C(C)Cl)c(C)n1-c1cnc(Br)cn1. The lowest BCUT2D eigenvalue weighted by Gasteiger charge is -2.08. The van der Waals surface area contributed by atoms with Crippen molar-refractivity contribution in [3.63, 3.8) is 0 Å². The third kappa shape index (κ3) is 2.72. The van der Waals surface area contributed by atoms with Gasteiger partial charge in [-0.2, -0.15) is 0 Å². The van der Waals surface area contributed by atoms with Gasteiger partial charge in [-0.25, -0.2) is 9.97 Å². The van der Waals surface area contributed by atoms with E-state index in [0.29, 0.717) is 16.0 Å².